The van der Waals surface area contributed by atoms with E-state index in [9.17, 15) is 21.6 Å². The van der Waals surface area contributed by atoms with Crippen LogP contribution in [0.1, 0.15) is 46.6 Å². The third kappa shape index (κ3) is 5.78. The van der Waals surface area contributed by atoms with E-state index in [4.69, 9.17) is 9.47 Å². The van der Waals surface area contributed by atoms with Crippen LogP contribution >= 0.6 is 0 Å². The first-order valence-electron chi connectivity index (χ1n) is 11.3. The van der Waals surface area contributed by atoms with Crippen molar-refractivity contribution in [1.29, 1.82) is 0 Å². The third-order valence-corrected chi connectivity index (χ3v) is 6.76. The first kappa shape index (κ1) is 27.0. The summed E-state index contributed by atoms with van der Waals surface area (Å²) in [7, 11) is -4.51. The molecule has 0 amide bonds. The predicted octanol–water partition coefficient (Wildman–Crippen LogP) is 3.58. The Morgan fingerprint density at radius 1 is 1.08 bits per heavy atom. The summed E-state index contributed by atoms with van der Waals surface area (Å²) in [6.45, 7) is 8.23. The molecular formula is C22H27F3N6O5S. The van der Waals surface area contributed by atoms with Crippen molar-refractivity contribution < 1.29 is 35.2 Å². The second-order valence-corrected chi connectivity index (χ2v) is 11.7. The molecule has 15 heteroatoms. The van der Waals surface area contributed by atoms with Crippen molar-refractivity contribution in [3.05, 3.63) is 24.3 Å². The molecule has 202 valence electrons. The van der Waals surface area contributed by atoms with E-state index in [1.807, 2.05) is 0 Å². The summed E-state index contributed by atoms with van der Waals surface area (Å²) in [6.07, 6.45) is 1.60. The fourth-order valence-corrected chi connectivity index (χ4v) is 5.20. The predicted molar refractivity (Wildman–Crippen MR) is 126 cm³/mol. The second kappa shape index (κ2) is 9.36. The molecule has 0 saturated carbocycles. The molecule has 37 heavy (non-hydrogen) atoms. The van der Waals surface area contributed by atoms with E-state index in [0.717, 1.165) is 25.0 Å². The van der Waals surface area contributed by atoms with Crippen molar-refractivity contribution in [3.8, 4) is 22.8 Å². The maximum Gasteiger partial charge on any atom is 0.534 e. The van der Waals surface area contributed by atoms with Crippen LogP contribution in [-0.4, -0.2) is 64.1 Å². The molecule has 1 saturated heterocycles. The summed E-state index contributed by atoms with van der Waals surface area (Å²) in [5.41, 5.74) is -4.32. The molecule has 2 aromatic heterocycles. The van der Waals surface area contributed by atoms with Crippen molar-refractivity contribution in [2.24, 2.45) is 0 Å². The lowest BCUT2D eigenvalue weighted by molar-refractivity contribution is -0.0500. The molecule has 11 nitrogen and oxygen atoms in total. The number of halogens is 3. The maximum atomic E-state index is 12.7. The average Bonchev–Trinajstić information content (AvgIpc) is 3.18. The summed E-state index contributed by atoms with van der Waals surface area (Å²) >= 11 is 0. The smallest absolute Gasteiger partial charge is 0.467 e. The van der Waals surface area contributed by atoms with Crippen LogP contribution in [0.5, 0.6) is 11.5 Å². The van der Waals surface area contributed by atoms with Crippen LogP contribution in [0.3, 0.4) is 0 Å². The van der Waals surface area contributed by atoms with Gasteiger partial charge in [0.1, 0.15) is 17.0 Å². The maximum absolute atomic E-state index is 12.7. The highest BCUT2D eigenvalue weighted by Gasteiger charge is 2.48. The van der Waals surface area contributed by atoms with Gasteiger partial charge in [0.05, 0.1) is 11.7 Å². The third-order valence-electron chi connectivity index (χ3n) is 5.79. The Balaban J connectivity index is 1.69. The minimum atomic E-state index is -5.86. The number of aromatic nitrogens is 5. The normalized spacial score (nSPS) is 18.2. The molecule has 3 heterocycles. The number of methoxy groups -OCH3 is 1. The molecule has 1 aromatic carbocycles. The number of hydrogen-bond acceptors (Lipinski definition) is 10. The standard InChI is InChI=1S/C22H27F3N6O5S/c1-20(2)10-13(11-21(3,4)29-20)31-19-17(27-30-31)9-16(26-28-19)15-7-6-14(8-18(15)35-12-34-5)36-37(32,33)22(23,24)25/h6-9,13,29H,10-12H2,1-5H3. The van der Waals surface area contributed by atoms with E-state index in [1.54, 1.807) is 10.7 Å². The van der Waals surface area contributed by atoms with E-state index in [2.05, 4.69) is 57.7 Å². The lowest BCUT2D eigenvalue weighted by Crippen LogP contribution is -2.58. The second-order valence-electron chi connectivity index (χ2n) is 10.1. The monoisotopic (exact) mass is 544 g/mol. The van der Waals surface area contributed by atoms with Crippen molar-refractivity contribution >= 4 is 21.3 Å². The van der Waals surface area contributed by atoms with Gasteiger partial charge in [-0.25, -0.2) is 4.68 Å². The first-order valence-corrected chi connectivity index (χ1v) is 12.7. The molecular weight excluding hydrogens is 517 g/mol. The van der Waals surface area contributed by atoms with E-state index < -0.39 is 21.4 Å². The summed E-state index contributed by atoms with van der Waals surface area (Å²) in [4.78, 5) is 0. The Labute approximate surface area is 211 Å². The number of alkyl halides is 3. The number of nitrogens with one attached hydrogen (secondary N) is 1. The Kier molecular flexibility index (Phi) is 6.84. The summed E-state index contributed by atoms with van der Waals surface area (Å²) in [5, 5.41) is 20.8. The van der Waals surface area contributed by atoms with Gasteiger partial charge in [-0.3, -0.25) is 0 Å². The van der Waals surface area contributed by atoms with Crippen molar-refractivity contribution in [1.82, 2.24) is 30.5 Å². The molecule has 3 aromatic rings. The minimum Gasteiger partial charge on any atom is -0.467 e. The minimum absolute atomic E-state index is 0.0281. The van der Waals surface area contributed by atoms with Gasteiger partial charge >= 0.3 is 15.6 Å². The highest BCUT2D eigenvalue weighted by molar-refractivity contribution is 7.88. The largest absolute Gasteiger partial charge is 0.534 e. The fourth-order valence-electron chi connectivity index (χ4n) is 4.75. The van der Waals surface area contributed by atoms with Crippen LogP contribution in [0, 0.1) is 0 Å². The molecule has 0 aliphatic carbocycles. The Morgan fingerprint density at radius 3 is 2.38 bits per heavy atom. The summed E-state index contributed by atoms with van der Waals surface area (Å²) < 4.78 is 77.3. The Hall–Kier alpha value is -3.04. The average molecular weight is 545 g/mol. The molecule has 1 aliphatic heterocycles. The number of rotatable bonds is 7. The molecule has 1 fully saturated rings. The highest BCUT2D eigenvalue weighted by atomic mass is 32.2. The lowest BCUT2D eigenvalue weighted by atomic mass is 9.80. The molecule has 1 N–H and O–H groups in total. The van der Waals surface area contributed by atoms with E-state index >= 15 is 0 Å². The summed E-state index contributed by atoms with van der Waals surface area (Å²) in [6, 6.07) is 5.01. The number of fused-ring (bicyclic) bond motifs is 1. The zero-order valence-corrected chi connectivity index (χ0v) is 21.6. The Morgan fingerprint density at radius 2 is 1.76 bits per heavy atom. The van der Waals surface area contributed by atoms with Gasteiger partial charge in [-0.05, 0) is 58.7 Å². The summed E-state index contributed by atoms with van der Waals surface area (Å²) in [5.74, 6) is -0.622. The lowest BCUT2D eigenvalue weighted by Gasteiger charge is -2.46. The number of ether oxygens (including phenoxy) is 2. The van der Waals surface area contributed by atoms with Gasteiger partial charge < -0.3 is 19.0 Å². The van der Waals surface area contributed by atoms with Crippen LogP contribution in [0.2, 0.25) is 0 Å². The van der Waals surface area contributed by atoms with Crippen LogP contribution in [0.15, 0.2) is 24.3 Å². The quantitative estimate of drug-likeness (QED) is 0.268. The molecule has 0 bridgehead atoms. The molecule has 0 spiro atoms. The van der Waals surface area contributed by atoms with Gasteiger partial charge in [0, 0.05) is 29.8 Å². The molecule has 0 radical (unpaired) electrons. The van der Waals surface area contributed by atoms with Gasteiger partial charge in [0.15, 0.2) is 6.79 Å². The number of hydrogen-bond donors (Lipinski definition) is 1. The van der Waals surface area contributed by atoms with Crippen LogP contribution in [0.4, 0.5) is 13.2 Å². The highest BCUT2D eigenvalue weighted by Crippen LogP contribution is 2.38. The number of nitrogens with zero attached hydrogens (tertiary/aromatic N) is 5. The van der Waals surface area contributed by atoms with Gasteiger partial charge in [-0.2, -0.15) is 21.6 Å². The van der Waals surface area contributed by atoms with Crippen molar-refractivity contribution in [2.45, 2.75) is 63.2 Å². The Bertz CT molecular complexity index is 1390. The van der Waals surface area contributed by atoms with E-state index in [-0.39, 0.29) is 35.4 Å². The zero-order valence-electron chi connectivity index (χ0n) is 20.8. The van der Waals surface area contributed by atoms with Gasteiger partial charge in [0.25, 0.3) is 0 Å². The molecule has 0 atom stereocenters. The van der Waals surface area contributed by atoms with Crippen LogP contribution in [0.25, 0.3) is 22.4 Å². The van der Waals surface area contributed by atoms with Gasteiger partial charge in [0.2, 0.25) is 5.65 Å². The number of benzene rings is 1. The van der Waals surface area contributed by atoms with Crippen molar-refractivity contribution in [3.63, 3.8) is 0 Å². The number of piperidine rings is 1. The van der Waals surface area contributed by atoms with Crippen molar-refractivity contribution in [2.75, 3.05) is 13.9 Å². The van der Waals surface area contributed by atoms with Crippen LogP contribution in [-0.2, 0) is 14.9 Å². The SMILES string of the molecule is COCOc1cc(OS(=O)(=O)C(F)(F)F)ccc1-c1cc2nnn(C3CC(C)(C)NC(C)(C)C3)c2nn1. The van der Waals surface area contributed by atoms with Gasteiger partial charge in [-0.15, -0.1) is 15.3 Å². The topological polar surface area (TPSA) is 130 Å². The van der Waals surface area contributed by atoms with Gasteiger partial charge in [-0.1, -0.05) is 5.21 Å². The molecule has 1 aliphatic rings. The van der Waals surface area contributed by atoms with Crippen LogP contribution < -0.4 is 14.2 Å². The zero-order chi connectivity index (χ0) is 27.2. The first-order chi connectivity index (χ1) is 17.1. The molecule has 4 rings (SSSR count). The van der Waals surface area contributed by atoms with E-state index in [1.165, 1.54) is 13.2 Å². The molecule has 0 unspecified atom stereocenters. The fraction of sp³-hybridized carbons (Fsp3) is 0.545. The van der Waals surface area contributed by atoms with E-state index in [0.29, 0.717) is 16.7 Å².